The van der Waals surface area contributed by atoms with Crippen LogP contribution in [0.5, 0.6) is 0 Å². The second kappa shape index (κ2) is 2.12. The minimum absolute atomic E-state index is 0.115. The minimum atomic E-state index is 0.115. The standard InChI is InChI=1S/C11H18O2/c1-7-4-10(7)11(5-8(11)2)13-9(3)6-12-10/h7-9H,4-6H2,1-3H3. The second-order valence-electron chi connectivity index (χ2n) is 5.23. The van der Waals surface area contributed by atoms with Gasteiger partial charge in [0.1, 0.15) is 11.2 Å². The van der Waals surface area contributed by atoms with Crippen molar-refractivity contribution in [2.75, 3.05) is 6.61 Å². The summed E-state index contributed by atoms with van der Waals surface area (Å²) in [7, 11) is 0. The van der Waals surface area contributed by atoms with Crippen LogP contribution in [0.1, 0.15) is 33.6 Å². The maximum absolute atomic E-state index is 6.12. The van der Waals surface area contributed by atoms with E-state index < -0.39 is 0 Å². The monoisotopic (exact) mass is 182 g/mol. The van der Waals surface area contributed by atoms with Crippen molar-refractivity contribution in [3.8, 4) is 0 Å². The van der Waals surface area contributed by atoms with Crippen molar-refractivity contribution < 1.29 is 9.47 Å². The van der Waals surface area contributed by atoms with Crippen molar-refractivity contribution in [3.05, 3.63) is 0 Å². The van der Waals surface area contributed by atoms with Crippen LogP contribution in [0, 0.1) is 11.8 Å². The third-order valence-electron chi connectivity index (χ3n) is 4.19. The molecule has 0 aromatic heterocycles. The van der Waals surface area contributed by atoms with E-state index in [2.05, 4.69) is 20.8 Å². The highest BCUT2D eigenvalue weighted by Crippen LogP contribution is 2.69. The molecule has 2 spiro atoms. The average Bonchev–Trinajstić information content (AvgIpc) is 2.88. The van der Waals surface area contributed by atoms with Crippen molar-refractivity contribution in [2.24, 2.45) is 11.8 Å². The van der Waals surface area contributed by atoms with Gasteiger partial charge in [0.25, 0.3) is 0 Å². The van der Waals surface area contributed by atoms with E-state index >= 15 is 0 Å². The Morgan fingerprint density at radius 2 is 1.54 bits per heavy atom. The molecule has 3 fully saturated rings. The van der Waals surface area contributed by atoms with E-state index in [1.165, 1.54) is 12.8 Å². The normalized spacial score (nSPS) is 64.4. The van der Waals surface area contributed by atoms with Crippen LogP contribution >= 0.6 is 0 Å². The van der Waals surface area contributed by atoms with E-state index in [0.29, 0.717) is 17.9 Å². The van der Waals surface area contributed by atoms with Crippen LogP contribution in [0.25, 0.3) is 0 Å². The van der Waals surface area contributed by atoms with Gasteiger partial charge < -0.3 is 9.47 Å². The molecule has 2 saturated carbocycles. The fourth-order valence-electron chi connectivity index (χ4n) is 3.22. The summed E-state index contributed by atoms with van der Waals surface area (Å²) in [6, 6.07) is 0. The van der Waals surface area contributed by atoms with Crippen LogP contribution in [-0.2, 0) is 9.47 Å². The number of fused-ring (bicyclic) bond motifs is 1. The maximum atomic E-state index is 6.12. The molecule has 0 aromatic rings. The van der Waals surface area contributed by atoms with Crippen LogP contribution in [0.4, 0.5) is 0 Å². The molecule has 3 aliphatic rings. The van der Waals surface area contributed by atoms with Gasteiger partial charge in [-0.05, 0) is 31.6 Å². The van der Waals surface area contributed by atoms with Gasteiger partial charge in [0.15, 0.2) is 0 Å². The van der Waals surface area contributed by atoms with Gasteiger partial charge in [0, 0.05) is 0 Å². The third kappa shape index (κ3) is 0.816. The lowest BCUT2D eigenvalue weighted by atomic mass is 10.0. The molecule has 5 atom stereocenters. The zero-order valence-corrected chi connectivity index (χ0v) is 8.67. The Balaban J connectivity index is 1.89. The quantitative estimate of drug-likeness (QED) is 0.570. The summed E-state index contributed by atoms with van der Waals surface area (Å²) >= 11 is 0. The Hall–Kier alpha value is -0.0800. The van der Waals surface area contributed by atoms with Crippen molar-refractivity contribution in [1.29, 1.82) is 0 Å². The Morgan fingerprint density at radius 3 is 2.00 bits per heavy atom. The Labute approximate surface area is 79.6 Å². The summed E-state index contributed by atoms with van der Waals surface area (Å²) in [5, 5.41) is 0. The Kier molecular flexibility index (Phi) is 1.34. The molecule has 1 heterocycles. The highest BCUT2D eigenvalue weighted by molar-refractivity contribution is 5.27. The van der Waals surface area contributed by atoms with Gasteiger partial charge in [0.2, 0.25) is 0 Å². The molecule has 0 radical (unpaired) electrons. The first-order chi connectivity index (χ1) is 6.11. The molecule has 0 N–H and O–H groups in total. The first kappa shape index (κ1) is 8.25. The number of hydrogen-bond acceptors (Lipinski definition) is 2. The molecule has 2 aliphatic carbocycles. The highest BCUT2D eigenvalue weighted by Gasteiger charge is 2.77. The van der Waals surface area contributed by atoms with E-state index in [0.717, 1.165) is 6.61 Å². The van der Waals surface area contributed by atoms with Crippen molar-refractivity contribution in [3.63, 3.8) is 0 Å². The Morgan fingerprint density at radius 1 is 1.00 bits per heavy atom. The van der Waals surface area contributed by atoms with Gasteiger partial charge in [-0.3, -0.25) is 0 Å². The zero-order chi connectivity index (χ0) is 9.27. The van der Waals surface area contributed by atoms with E-state index in [9.17, 15) is 0 Å². The number of hydrogen-bond donors (Lipinski definition) is 0. The summed E-state index contributed by atoms with van der Waals surface area (Å²) in [5.74, 6) is 1.42. The molecular formula is C11H18O2. The van der Waals surface area contributed by atoms with Gasteiger partial charge in [-0.25, -0.2) is 0 Å². The van der Waals surface area contributed by atoms with Crippen LogP contribution < -0.4 is 0 Å². The summed E-state index contributed by atoms with van der Waals surface area (Å²) in [6.07, 6.45) is 2.72. The van der Waals surface area contributed by atoms with Crippen LogP contribution in [0.2, 0.25) is 0 Å². The van der Waals surface area contributed by atoms with Gasteiger partial charge in [-0.2, -0.15) is 0 Å². The lowest BCUT2D eigenvalue weighted by Gasteiger charge is -2.38. The molecule has 0 amide bonds. The number of rotatable bonds is 0. The van der Waals surface area contributed by atoms with Gasteiger partial charge in [0.05, 0.1) is 12.7 Å². The lowest BCUT2D eigenvalue weighted by molar-refractivity contribution is -0.213. The molecule has 13 heavy (non-hydrogen) atoms. The molecule has 0 aromatic carbocycles. The van der Waals surface area contributed by atoms with Crippen molar-refractivity contribution in [2.45, 2.75) is 50.9 Å². The van der Waals surface area contributed by atoms with Gasteiger partial charge >= 0.3 is 0 Å². The van der Waals surface area contributed by atoms with E-state index in [-0.39, 0.29) is 11.2 Å². The molecule has 2 nitrogen and oxygen atoms in total. The predicted molar refractivity (Wildman–Crippen MR) is 49.5 cm³/mol. The largest absolute Gasteiger partial charge is 0.369 e. The molecular weight excluding hydrogens is 164 g/mol. The summed E-state index contributed by atoms with van der Waals surface area (Å²) in [4.78, 5) is 0. The van der Waals surface area contributed by atoms with E-state index in [1.807, 2.05) is 0 Å². The predicted octanol–water partition coefficient (Wildman–Crippen LogP) is 1.98. The van der Waals surface area contributed by atoms with Gasteiger partial charge in [-0.15, -0.1) is 0 Å². The minimum Gasteiger partial charge on any atom is -0.369 e. The fraction of sp³-hybridized carbons (Fsp3) is 1.00. The first-order valence-corrected chi connectivity index (χ1v) is 5.42. The maximum Gasteiger partial charge on any atom is 0.101 e. The molecule has 2 heteroatoms. The average molecular weight is 182 g/mol. The molecule has 1 saturated heterocycles. The molecule has 1 aliphatic heterocycles. The number of ether oxygens (including phenoxy) is 2. The highest BCUT2D eigenvalue weighted by atomic mass is 16.6. The van der Waals surface area contributed by atoms with Crippen molar-refractivity contribution in [1.82, 2.24) is 0 Å². The van der Waals surface area contributed by atoms with Crippen LogP contribution in [0.15, 0.2) is 0 Å². The van der Waals surface area contributed by atoms with Crippen LogP contribution in [-0.4, -0.2) is 23.9 Å². The fourth-order valence-corrected chi connectivity index (χ4v) is 3.22. The lowest BCUT2D eigenvalue weighted by Crippen LogP contribution is -2.48. The van der Waals surface area contributed by atoms with E-state index in [1.54, 1.807) is 0 Å². The third-order valence-corrected chi connectivity index (χ3v) is 4.19. The Bertz CT molecular complexity index is 252. The molecule has 0 bridgehead atoms. The van der Waals surface area contributed by atoms with Gasteiger partial charge in [-0.1, -0.05) is 13.8 Å². The SMILES string of the molecule is CC1COC2(CC2C)C2(CC2C)O1. The topological polar surface area (TPSA) is 18.5 Å². The smallest absolute Gasteiger partial charge is 0.101 e. The zero-order valence-electron chi connectivity index (χ0n) is 8.67. The molecule has 5 unspecified atom stereocenters. The second-order valence-corrected chi connectivity index (χ2v) is 5.23. The molecule has 3 rings (SSSR count). The van der Waals surface area contributed by atoms with Crippen molar-refractivity contribution >= 4 is 0 Å². The summed E-state index contributed by atoms with van der Waals surface area (Å²) in [5.41, 5.74) is 0.239. The molecule has 74 valence electrons. The summed E-state index contributed by atoms with van der Waals surface area (Å²) < 4.78 is 12.1. The first-order valence-electron chi connectivity index (χ1n) is 5.42. The van der Waals surface area contributed by atoms with Crippen LogP contribution in [0.3, 0.4) is 0 Å². The summed E-state index contributed by atoms with van der Waals surface area (Å²) in [6.45, 7) is 7.48. The van der Waals surface area contributed by atoms with E-state index in [4.69, 9.17) is 9.47 Å².